The van der Waals surface area contributed by atoms with Gasteiger partial charge in [0.25, 0.3) is 0 Å². The molecule has 0 fully saturated rings. The molecule has 2 rings (SSSR count). The summed E-state index contributed by atoms with van der Waals surface area (Å²) in [6.07, 6.45) is 1.06. The van der Waals surface area contributed by atoms with Gasteiger partial charge in [0, 0.05) is 16.3 Å². The van der Waals surface area contributed by atoms with Crippen LogP contribution in [0, 0.1) is 0 Å². The summed E-state index contributed by atoms with van der Waals surface area (Å²) < 4.78 is 27.9. The highest BCUT2D eigenvalue weighted by Gasteiger charge is 2.25. The molecule has 0 radical (unpaired) electrons. The fourth-order valence-electron chi connectivity index (χ4n) is 1.88. The Balaban J connectivity index is 2.73. The van der Waals surface area contributed by atoms with Crippen LogP contribution < -0.4 is 4.18 Å². The second kappa shape index (κ2) is 4.02. The van der Waals surface area contributed by atoms with Gasteiger partial charge in [0.15, 0.2) is 5.75 Å². The number of aromatic amines is 1. The van der Waals surface area contributed by atoms with Crippen LogP contribution in [-0.2, 0) is 15.5 Å². The molecule has 0 aliphatic rings. The third-order valence-electron chi connectivity index (χ3n) is 2.64. The van der Waals surface area contributed by atoms with Crippen molar-refractivity contribution in [1.82, 2.24) is 4.98 Å². The Bertz CT molecular complexity index is 678. The van der Waals surface area contributed by atoms with E-state index in [0.717, 1.165) is 22.9 Å². The number of nitrogens with one attached hydrogen (secondary N) is 1. The molecule has 1 N–H and O–H groups in total. The van der Waals surface area contributed by atoms with Gasteiger partial charge in [0.05, 0.1) is 11.9 Å². The summed E-state index contributed by atoms with van der Waals surface area (Å²) in [5.41, 5.74) is 1.44. The average Bonchev–Trinajstić information content (AvgIpc) is 2.55. The van der Waals surface area contributed by atoms with E-state index < -0.39 is 10.1 Å². The minimum Gasteiger partial charge on any atom is -0.380 e. The molecule has 0 atom stereocenters. The Morgan fingerprint density at radius 1 is 1.17 bits per heavy atom. The molecule has 0 amide bonds. The third-order valence-corrected chi connectivity index (χ3v) is 3.11. The van der Waals surface area contributed by atoms with E-state index in [-0.39, 0.29) is 5.41 Å². The van der Waals surface area contributed by atoms with E-state index in [0.29, 0.717) is 5.75 Å². The molecule has 0 aliphatic carbocycles. The van der Waals surface area contributed by atoms with Gasteiger partial charge in [-0.25, -0.2) is 0 Å². The molecule has 0 aliphatic heterocycles. The largest absolute Gasteiger partial charge is 0.380 e. The summed E-state index contributed by atoms with van der Waals surface area (Å²) in [5.74, 6) is 0.403. The molecule has 0 saturated carbocycles. The van der Waals surface area contributed by atoms with Crippen molar-refractivity contribution in [3.05, 3.63) is 30.0 Å². The topological polar surface area (TPSA) is 59.2 Å². The van der Waals surface area contributed by atoms with E-state index >= 15 is 0 Å². The first-order chi connectivity index (χ1) is 8.18. The summed E-state index contributed by atoms with van der Waals surface area (Å²) in [4.78, 5) is 3.24. The summed E-state index contributed by atoms with van der Waals surface area (Å²) >= 11 is 0. The van der Waals surface area contributed by atoms with Crippen LogP contribution in [0.25, 0.3) is 10.9 Å². The minimum atomic E-state index is -3.54. The second-order valence-electron chi connectivity index (χ2n) is 5.41. The molecule has 0 bridgehead atoms. The molecular weight excluding hydrogens is 250 g/mol. The molecule has 5 heteroatoms. The van der Waals surface area contributed by atoms with Crippen LogP contribution in [0.2, 0.25) is 0 Å². The first-order valence-electron chi connectivity index (χ1n) is 5.69. The number of aromatic nitrogens is 1. The zero-order chi connectivity index (χ0) is 13.6. The van der Waals surface area contributed by atoms with Gasteiger partial charge in [-0.3, -0.25) is 0 Å². The average molecular weight is 267 g/mol. The quantitative estimate of drug-likeness (QED) is 0.851. The van der Waals surface area contributed by atoms with Crippen molar-refractivity contribution < 1.29 is 12.6 Å². The number of benzene rings is 1. The summed E-state index contributed by atoms with van der Waals surface area (Å²) in [6, 6.07) is 7.51. The van der Waals surface area contributed by atoms with Crippen LogP contribution in [0.3, 0.4) is 0 Å². The fraction of sp³-hybridized carbons (Fsp3) is 0.385. The first-order valence-corrected chi connectivity index (χ1v) is 7.51. The molecule has 1 heterocycles. The maximum atomic E-state index is 11.4. The van der Waals surface area contributed by atoms with Crippen LogP contribution in [0.4, 0.5) is 0 Å². The number of H-pyrrole nitrogens is 1. The van der Waals surface area contributed by atoms with Crippen LogP contribution in [0.15, 0.2) is 24.3 Å². The second-order valence-corrected chi connectivity index (χ2v) is 6.99. The minimum absolute atomic E-state index is 0.223. The molecule has 0 spiro atoms. The van der Waals surface area contributed by atoms with Crippen molar-refractivity contribution in [2.24, 2.45) is 0 Å². The lowest BCUT2D eigenvalue weighted by molar-refractivity contribution is 0.476. The van der Waals surface area contributed by atoms with Crippen LogP contribution >= 0.6 is 0 Å². The van der Waals surface area contributed by atoms with Crippen molar-refractivity contribution in [2.75, 3.05) is 6.26 Å². The van der Waals surface area contributed by atoms with Gasteiger partial charge in [-0.1, -0.05) is 32.9 Å². The molecule has 0 unspecified atom stereocenters. The normalized spacial score (nSPS) is 12.9. The molecular formula is C13H17NO3S. The van der Waals surface area contributed by atoms with Crippen LogP contribution in [0.1, 0.15) is 26.5 Å². The summed E-state index contributed by atoms with van der Waals surface area (Å²) in [6.45, 7) is 6.02. The highest BCUT2D eigenvalue weighted by molar-refractivity contribution is 7.86. The molecule has 18 heavy (non-hydrogen) atoms. The lowest BCUT2D eigenvalue weighted by Gasteiger charge is -2.18. The van der Waals surface area contributed by atoms with Gasteiger partial charge in [-0.05, 0) is 12.1 Å². The zero-order valence-corrected chi connectivity index (χ0v) is 11.8. The van der Waals surface area contributed by atoms with Crippen LogP contribution in [-0.4, -0.2) is 19.7 Å². The third kappa shape index (κ3) is 2.51. The van der Waals surface area contributed by atoms with E-state index in [1.165, 1.54) is 0 Å². The number of para-hydroxylation sites is 1. The van der Waals surface area contributed by atoms with Crippen molar-refractivity contribution in [3.8, 4) is 5.75 Å². The molecule has 1 aromatic heterocycles. The number of rotatable bonds is 2. The molecule has 4 nitrogen and oxygen atoms in total. The van der Waals surface area contributed by atoms with E-state index in [1.54, 1.807) is 0 Å². The van der Waals surface area contributed by atoms with Gasteiger partial charge in [-0.15, -0.1) is 0 Å². The fourth-order valence-corrected chi connectivity index (χ4v) is 2.36. The Kier molecular flexibility index (Phi) is 2.89. The first kappa shape index (κ1) is 13.0. The predicted octanol–water partition coefficient (Wildman–Crippen LogP) is 2.80. The van der Waals surface area contributed by atoms with Gasteiger partial charge in [-0.2, -0.15) is 8.42 Å². The van der Waals surface area contributed by atoms with E-state index in [2.05, 4.69) is 4.98 Å². The lowest BCUT2D eigenvalue weighted by Crippen LogP contribution is -2.15. The smallest absolute Gasteiger partial charge is 0.306 e. The Morgan fingerprint density at radius 3 is 2.33 bits per heavy atom. The Labute approximate surface area is 107 Å². The van der Waals surface area contributed by atoms with Crippen molar-refractivity contribution in [3.63, 3.8) is 0 Å². The van der Waals surface area contributed by atoms with Crippen molar-refractivity contribution in [2.45, 2.75) is 26.2 Å². The standard InChI is InChI=1S/C13H17NO3S/c1-13(2,3)12-11(17-18(4,15)16)9-7-5-6-8-10(9)14-12/h5-8,14H,1-4H3. The van der Waals surface area contributed by atoms with Crippen molar-refractivity contribution >= 4 is 21.0 Å². The molecule has 2 aromatic rings. The zero-order valence-electron chi connectivity index (χ0n) is 10.9. The van der Waals surface area contributed by atoms with Crippen molar-refractivity contribution in [1.29, 1.82) is 0 Å². The van der Waals surface area contributed by atoms with Crippen LogP contribution in [0.5, 0.6) is 5.75 Å². The predicted molar refractivity (Wildman–Crippen MR) is 72.5 cm³/mol. The molecule has 0 saturated heterocycles. The maximum absolute atomic E-state index is 11.4. The summed E-state index contributed by atoms with van der Waals surface area (Å²) in [5, 5.41) is 0.785. The van der Waals surface area contributed by atoms with Gasteiger partial charge in [0.2, 0.25) is 0 Å². The molecule has 98 valence electrons. The van der Waals surface area contributed by atoms with Gasteiger partial charge >= 0.3 is 10.1 Å². The van der Waals surface area contributed by atoms with E-state index in [4.69, 9.17) is 4.18 Å². The Morgan fingerprint density at radius 2 is 1.78 bits per heavy atom. The van der Waals surface area contributed by atoms with Gasteiger partial charge in [0.1, 0.15) is 0 Å². The molecule has 1 aromatic carbocycles. The number of hydrogen-bond acceptors (Lipinski definition) is 3. The van der Waals surface area contributed by atoms with E-state index in [9.17, 15) is 8.42 Å². The van der Waals surface area contributed by atoms with Gasteiger partial charge < -0.3 is 9.17 Å². The number of hydrogen-bond donors (Lipinski definition) is 1. The summed E-state index contributed by atoms with van der Waals surface area (Å²) in [7, 11) is -3.54. The maximum Gasteiger partial charge on any atom is 0.306 e. The number of fused-ring (bicyclic) bond motifs is 1. The lowest BCUT2D eigenvalue weighted by atomic mass is 9.92. The highest BCUT2D eigenvalue weighted by Crippen LogP contribution is 2.37. The monoisotopic (exact) mass is 267 g/mol. The Hall–Kier alpha value is -1.49. The highest BCUT2D eigenvalue weighted by atomic mass is 32.2. The SMILES string of the molecule is CC(C)(C)c1[nH]c2ccccc2c1OS(C)(=O)=O. The van der Waals surface area contributed by atoms with E-state index in [1.807, 2.05) is 45.0 Å².